The molecule has 120 valence electrons. The Labute approximate surface area is 128 Å². The molecule has 0 aliphatic heterocycles. The number of hydrogen-bond donors (Lipinski definition) is 0. The molecule has 22 heavy (non-hydrogen) atoms. The summed E-state index contributed by atoms with van der Waals surface area (Å²) >= 11 is 0. The first-order chi connectivity index (χ1) is 10.3. The van der Waals surface area contributed by atoms with Crippen molar-refractivity contribution < 1.29 is 13.2 Å². The molecule has 0 saturated heterocycles. The molecule has 0 aromatic carbocycles. The van der Waals surface area contributed by atoms with Crippen LogP contribution in [-0.2, 0) is 6.18 Å². The number of alkyl halides is 3. The summed E-state index contributed by atoms with van der Waals surface area (Å²) in [5.41, 5.74) is -0.922. The smallest absolute Gasteiger partial charge is 0.370 e. The number of rotatable bonds is 2. The third-order valence-corrected chi connectivity index (χ3v) is 4.61. The van der Waals surface area contributed by atoms with Gasteiger partial charge in [-0.1, -0.05) is 6.92 Å². The monoisotopic (exact) mass is 311 g/mol. The largest absolute Gasteiger partial charge is 0.419 e. The van der Waals surface area contributed by atoms with Crippen molar-refractivity contribution in [3.8, 4) is 6.07 Å². The Morgan fingerprint density at radius 2 is 1.86 bits per heavy atom. The number of hydrogen-bond acceptors (Lipinski definition) is 3. The molecule has 1 aromatic heterocycles. The minimum absolute atomic E-state index is 0.0835. The van der Waals surface area contributed by atoms with Gasteiger partial charge < -0.3 is 4.90 Å². The van der Waals surface area contributed by atoms with Crippen LogP contribution in [0.5, 0.6) is 0 Å². The van der Waals surface area contributed by atoms with Crippen LogP contribution in [0.1, 0.15) is 49.4 Å². The Bertz CT molecular complexity index is 582. The highest BCUT2D eigenvalue weighted by molar-refractivity contribution is 5.58. The molecule has 1 heterocycles. The van der Waals surface area contributed by atoms with Crippen molar-refractivity contribution in [1.29, 1.82) is 5.26 Å². The fraction of sp³-hybridized carbons (Fsp3) is 0.625. The minimum atomic E-state index is -4.57. The van der Waals surface area contributed by atoms with Crippen LogP contribution >= 0.6 is 0 Å². The van der Waals surface area contributed by atoms with Gasteiger partial charge in [-0.2, -0.15) is 18.4 Å². The van der Waals surface area contributed by atoms with E-state index in [0.717, 1.165) is 25.7 Å². The summed E-state index contributed by atoms with van der Waals surface area (Å²) in [6, 6.07) is 1.77. The van der Waals surface area contributed by atoms with E-state index in [2.05, 4.69) is 11.9 Å². The highest BCUT2D eigenvalue weighted by atomic mass is 19.4. The number of nitriles is 1. The molecule has 1 aromatic rings. The average molecular weight is 311 g/mol. The Balaban J connectivity index is 2.38. The fourth-order valence-electron chi connectivity index (χ4n) is 3.21. The highest BCUT2D eigenvalue weighted by Crippen LogP contribution is 2.38. The summed E-state index contributed by atoms with van der Waals surface area (Å²) in [6.07, 6.45) is 0.936. The maximum Gasteiger partial charge on any atom is 0.419 e. The van der Waals surface area contributed by atoms with Crippen LogP contribution in [0.3, 0.4) is 0 Å². The van der Waals surface area contributed by atoms with E-state index in [-0.39, 0.29) is 11.6 Å². The molecule has 0 unspecified atom stereocenters. The predicted octanol–water partition coefficient (Wildman–Crippen LogP) is 4.30. The molecule has 1 fully saturated rings. The van der Waals surface area contributed by atoms with Crippen molar-refractivity contribution in [3.63, 3.8) is 0 Å². The zero-order valence-corrected chi connectivity index (χ0v) is 13.0. The van der Waals surface area contributed by atoms with Crippen LogP contribution < -0.4 is 4.90 Å². The Morgan fingerprint density at radius 3 is 2.36 bits per heavy atom. The lowest BCUT2D eigenvalue weighted by Gasteiger charge is -2.36. The maximum absolute atomic E-state index is 13.2. The van der Waals surface area contributed by atoms with Crippen LogP contribution in [0.4, 0.5) is 18.9 Å². The van der Waals surface area contributed by atoms with Gasteiger partial charge in [0.15, 0.2) is 5.69 Å². The first kappa shape index (κ1) is 16.6. The molecule has 3 nitrogen and oxygen atoms in total. The number of nitrogens with zero attached hydrogens (tertiary/aromatic N) is 3. The third-order valence-electron chi connectivity index (χ3n) is 4.61. The molecule has 1 aliphatic rings. The van der Waals surface area contributed by atoms with Crippen molar-refractivity contribution in [3.05, 3.63) is 23.0 Å². The lowest BCUT2D eigenvalue weighted by Crippen LogP contribution is -2.35. The van der Waals surface area contributed by atoms with Gasteiger partial charge in [-0.25, -0.2) is 4.98 Å². The van der Waals surface area contributed by atoms with Crippen LogP contribution in [0.2, 0.25) is 0 Å². The van der Waals surface area contributed by atoms with E-state index in [4.69, 9.17) is 5.26 Å². The van der Waals surface area contributed by atoms with Crippen molar-refractivity contribution in [1.82, 2.24) is 4.98 Å². The zero-order valence-electron chi connectivity index (χ0n) is 13.0. The normalized spacial score (nSPS) is 22.2. The van der Waals surface area contributed by atoms with E-state index in [0.29, 0.717) is 11.6 Å². The molecule has 0 spiro atoms. The lowest BCUT2D eigenvalue weighted by molar-refractivity contribution is -0.138. The number of anilines is 1. The molecule has 2 rings (SSSR count). The van der Waals surface area contributed by atoms with E-state index < -0.39 is 17.4 Å². The second-order valence-electron chi connectivity index (χ2n) is 6.13. The molecule has 0 radical (unpaired) electrons. The summed E-state index contributed by atoms with van der Waals surface area (Å²) in [6.45, 7) is 3.62. The number of halogens is 3. The van der Waals surface area contributed by atoms with Gasteiger partial charge in [-0.15, -0.1) is 0 Å². The average Bonchev–Trinajstić information content (AvgIpc) is 2.45. The molecular formula is C16H20F3N3. The molecule has 6 heteroatoms. The summed E-state index contributed by atoms with van der Waals surface area (Å²) in [5, 5.41) is 8.89. The molecule has 1 saturated carbocycles. The summed E-state index contributed by atoms with van der Waals surface area (Å²) in [4.78, 5) is 5.63. The Hall–Kier alpha value is -1.77. The van der Waals surface area contributed by atoms with Crippen molar-refractivity contribution >= 4 is 5.69 Å². The standard InChI is InChI=1S/C16H20F3N3/c1-10-4-6-12(7-5-10)22(3)14-9-21-13(8-20)15(11(14)2)16(17,18)19/h9-10,12H,4-7H2,1-3H3. The van der Waals surface area contributed by atoms with Gasteiger partial charge in [0.1, 0.15) is 6.07 Å². The molecule has 1 aliphatic carbocycles. The Kier molecular flexibility index (Phi) is 4.64. The first-order valence-electron chi connectivity index (χ1n) is 7.45. The number of pyridine rings is 1. The second-order valence-corrected chi connectivity index (χ2v) is 6.13. The van der Waals surface area contributed by atoms with E-state index in [1.807, 2.05) is 11.9 Å². The molecule has 0 atom stereocenters. The lowest BCUT2D eigenvalue weighted by atomic mass is 9.86. The fourth-order valence-corrected chi connectivity index (χ4v) is 3.21. The van der Waals surface area contributed by atoms with E-state index in [1.165, 1.54) is 13.1 Å². The van der Waals surface area contributed by atoms with Gasteiger partial charge in [0.25, 0.3) is 0 Å². The van der Waals surface area contributed by atoms with Crippen molar-refractivity contribution in [2.45, 2.75) is 51.7 Å². The van der Waals surface area contributed by atoms with Crippen molar-refractivity contribution in [2.75, 3.05) is 11.9 Å². The minimum Gasteiger partial charge on any atom is -0.370 e. The quantitative estimate of drug-likeness (QED) is 0.817. The summed E-state index contributed by atoms with van der Waals surface area (Å²) in [5.74, 6) is 0.676. The topological polar surface area (TPSA) is 39.9 Å². The van der Waals surface area contributed by atoms with Crippen LogP contribution in [0, 0.1) is 24.2 Å². The Morgan fingerprint density at radius 1 is 1.27 bits per heavy atom. The van der Waals surface area contributed by atoms with Gasteiger partial charge in [-0.3, -0.25) is 0 Å². The SMILES string of the molecule is Cc1c(N(C)C2CCC(C)CC2)cnc(C#N)c1C(F)(F)F. The third kappa shape index (κ3) is 3.18. The number of aromatic nitrogens is 1. The molecular weight excluding hydrogens is 291 g/mol. The zero-order chi connectivity index (χ0) is 16.5. The maximum atomic E-state index is 13.2. The van der Waals surface area contributed by atoms with Crippen LogP contribution in [-0.4, -0.2) is 18.1 Å². The van der Waals surface area contributed by atoms with E-state index >= 15 is 0 Å². The van der Waals surface area contributed by atoms with Gasteiger partial charge in [0.2, 0.25) is 0 Å². The van der Waals surface area contributed by atoms with Gasteiger partial charge in [-0.05, 0) is 44.1 Å². The molecule has 0 bridgehead atoms. The van der Waals surface area contributed by atoms with Crippen molar-refractivity contribution in [2.24, 2.45) is 5.92 Å². The second kappa shape index (κ2) is 6.15. The molecule has 0 amide bonds. The van der Waals surface area contributed by atoms with Gasteiger partial charge >= 0.3 is 6.18 Å². The molecule has 0 N–H and O–H groups in total. The summed E-state index contributed by atoms with van der Waals surface area (Å²) < 4.78 is 39.7. The van der Waals surface area contributed by atoms with Gasteiger partial charge in [0.05, 0.1) is 17.4 Å². The van der Waals surface area contributed by atoms with E-state index in [1.54, 1.807) is 6.07 Å². The van der Waals surface area contributed by atoms with Crippen LogP contribution in [0.15, 0.2) is 6.20 Å². The van der Waals surface area contributed by atoms with Gasteiger partial charge in [0, 0.05) is 13.1 Å². The van der Waals surface area contributed by atoms with Crippen LogP contribution in [0.25, 0.3) is 0 Å². The summed E-state index contributed by atoms with van der Waals surface area (Å²) in [7, 11) is 1.82. The highest BCUT2D eigenvalue weighted by Gasteiger charge is 2.38. The predicted molar refractivity (Wildman–Crippen MR) is 78.5 cm³/mol. The first-order valence-corrected chi connectivity index (χ1v) is 7.45. The van der Waals surface area contributed by atoms with E-state index in [9.17, 15) is 13.2 Å².